The summed E-state index contributed by atoms with van der Waals surface area (Å²) in [7, 11) is 1.42. The number of hydrogen-bond acceptors (Lipinski definition) is 7. The Balaban J connectivity index is 1.74. The second-order valence-electron chi connectivity index (χ2n) is 7.75. The maximum Gasteiger partial charge on any atom is 0.338 e. The summed E-state index contributed by atoms with van der Waals surface area (Å²) in [6, 6.07) is 17.2. The predicted octanol–water partition coefficient (Wildman–Crippen LogP) is 5.35. The molecule has 0 aliphatic heterocycles. The number of carboxylic acids is 1. The number of amides is 1. The molecule has 0 bridgehead atoms. The molecule has 2 N–H and O–H groups in total. The van der Waals surface area contributed by atoms with Crippen molar-refractivity contribution in [3.05, 3.63) is 93.5 Å². The third-order valence-corrected chi connectivity index (χ3v) is 5.45. The van der Waals surface area contributed by atoms with Crippen molar-refractivity contribution >= 4 is 41.2 Å². The average Bonchev–Trinajstić information content (AvgIpc) is 2.91. The number of nitrogens with one attached hydrogen (secondary N) is 1. The molecule has 10 heteroatoms. The zero-order valence-electron chi connectivity index (χ0n) is 20.5. The lowest BCUT2D eigenvalue weighted by molar-refractivity contribution is -0.112. The molecule has 9 nitrogen and oxygen atoms in total. The van der Waals surface area contributed by atoms with Gasteiger partial charge in [-0.1, -0.05) is 23.7 Å². The summed E-state index contributed by atoms with van der Waals surface area (Å²) in [5.41, 5.74) is 1.84. The van der Waals surface area contributed by atoms with E-state index in [9.17, 15) is 19.6 Å². The SMILES string of the molecule is CCOC(=O)c1ccc(NC(=O)/C(C#N)=C/c2cc(Cl)c(OCc3ccc(C(=O)O)cc3)c(OC)c2)cc1. The van der Waals surface area contributed by atoms with Gasteiger partial charge in [0.1, 0.15) is 18.2 Å². The minimum atomic E-state index is -1.02. The van der Waals surface area contributed by atoms with Crippen LogP contribution in [0.3, 0.4) is 0 Å². The summed E-state index contributed by atoms with van der Waals surface area (Å²) in [5.74, 6) is -1.63. The number of aromatic carboxylic acids is 1. The van der Waals surface area contributed by atoms with Gasteiger partial charge in [-0.2, -0.15) is 5.26 Å². The number of ether oxygens (including phenoxy) is 3. The summed E-state index contributed by atoms with van der Waals surface area (Å²) in [5, 5.41) is 21.4. The van der Waals surface area contributed by atoms with Crippen LogP contribution in [0, 0.1) is 11.3 Å². The topological polar surface area (TPSA) is 135 Å². The van der Waals surface area contributed by atoms with Gasteiger partial charge in [-0.3, -0.25) is 4.79 Å². The fraction of sp³-hybridized carbons (Fsp3) is 0.143. The van der Waals surface area contributed by atoms with Crippen LogP contribution in [0.4, 0.5) is 5.69 Å². The highest BCUT2D eigenvalue weighted by Crippen LogP contribution is 2.37. The summed E-state index contributed by atoms with van der Waals surface area (Å²) in [4.78, 5) is 35.5. The van der Waals surface area contributed by atoms with Gasteiger partial charge in [-0.05, 0) is 72.7 Å². The number of carbonyl (C=O) groups excluding carboxylic acids is 2. The molecule has 3 aromatic rings. The van der Waals surface area contributed by atoms with Crippen molar-refractivity contribution in [2.24, 2.45) is 0 Å². The molecule has 3 aromatic carbocycles. The molecule has 1 amide bonds. The molecule has 0 fully saturated rings. The van der Waals surface area contributed by atoms with E-state index in [1.807, 2.05) is 6.07 Å². The highest BCUT2D eigenvalue weighted by atomic mass is 35.5. The Morgan fingerprint density at radius 3 is 2.29 bits per heavy atom. The molecule has 194 valence electrons. The van der Waals surface area contributed by atoms with Crippen molar-refractivity contribution in [3.63, 3.8) is 0 Å². The number of methoxy groups -OCH3 is 1. The normalized spacial score (nSPS) is 10.7. The minimum Gasteiger partial charge on any atom is -0.493 e. The number of rotatable bonds is 10. The standard InChI is InChI=1S/C28H23ClN2O7/c1-3-37-28(35)20-8-10-22(11-9-20)31-26(32)21(15-30)12-18-13-23(29)25(24(14-18)36-2)38-16-17-4-6-19(7-5-17)27(33)34/h4-14H,3,16H2,1-2H3,(H,31,32)(H,33,34)/b21-12+. The number of anilines is 1. The van der Waals surface area contributed by atoms with E-state index in [1.165, 1.54) is 55.7 Å². The van der Waals surface area contributed by atoms with Gasteiger partial charge in [0.2, 0.25) is 0 Å². The molecule has 0 heterocycles. The molecular weight excluding hydrogens is 512 g/mol. The Kier molecular flexibility index (Phi) is 9.46. The van der Waals surface area contributed by atoms with E-state index in [4.69, 9.17) is 30.9 Å². The molecular formula is C28H23ClN2O7. The van der Waals surface area contributed by atoms with Crippen molar-refractivity contribution in [2.75, 3.05) is 19.0 Å². The lowest BCUT2D eigenvalue weighted by atomic mass is 10.1. The second-order valence-corrected chi connectivity index (χ2v) is 8.15. The Morgan fingerprint density at radius 1 is 1.05 bits per heavy atom. The van der Waals surface area contributed by atoms with Gasteiger partial charge in [0, 0.05) is 5.69 Å². The van der Waals surface area contributed by atoms with Crippen LogP contribution in [0.5, 0.6) is 11.5 Å². The number of esters is 1. The van der Waals surface area contributed by atoms with Crippen LogP contribution in [0.25, 0.3) is 6.08 Å². The molecule has 0 atom stereocenters. The lowest BCUT2D eigenvalue weighted by Gasteiger charge is -2.14. The van der Waals surface area contributed by atoms with E-state index in [2.05, 4.69) is 5.32 Å². The molecule has 0 aromatic heterocycles. The van der Waals surface area contributed by atoms with E-state index in [0.717, 1.165) is 5.56 Å². The molecule has 0 saturated carbocycles. The zero-order chi connectivity index (χ0) is 27.7. The Morgan fingerprint density at radius 2 is 1.71 bits per heavy atom. The molecule has 0 aliphatic rings. The average molecular weight is 535 g/mol. The Hall–Kier alpha value is -4.81. The third kappa shape index (κ3) is 7.12. The highest BCUT2D eigenvalue weighted by molar-refractivity contribution is 6.32. The number of benzene rings is 3. The second kappa shape index (κ2) is 12.9. The lowest BCUT2D eigenvalue weighted by Crippen LogP contribution is -2.13. The van der Waals surface area contributed by atoms with Gasteiger partial charge in [0.15, 0.2) is 11.5 Å². The Labute approximate surface area is 223 Å². The van der Waals surface area contributed by atoms with Crippen molar-refractivity contribution in [1.82, 2.24) is 0 Å². The van der Waals surface area contributed by atoms with E-state index >= 15 is 0 Å². The largest absolute Gasteiger partial charge is 0.493 e. The first-order valence-corrected chi connectivity index (χ1v) is 11.7. The van der Waals surface area contributed by atoms with Gasteiger partial charge in [0.25, 0.3) is 5.91 Å². The van der Waals surface area contributed by atoms with Gasteiger partial charge in [-0.25, -0.2) is 9.59 Å². The predicted molar refractivity (Wildman–Crippen MR) is 140 cm³/mol. The number of carboxylic acid groups (broad SMARTS) is 1. The van der Waals surface area contributed by atoms with Crippen molar-refractivity contribution in [3.8, 4) is 17.6 Å². The van der Waals surface area contributed by atoms with Crippen LogP contribution in [0.1, 0.15) is 38.8 Å². The summed E-state index contributed by atoms with van der Waals surface area (Å²) in [6.45, 7) is 2.06. The first-order valence-electron chi connectivity index (χ1n) is 11.3. The van der Waals surface area contributed by atoms with E-state index < -0.39 is 17.8 Å². The fourth-order valence-corrected chi connectivity index (χ4v) is 3.55. The van der Waals surface area contributed by atoms with Gasteiger partial charge in [-0.15, -0.1) is 0 Å². The number of carbonyl (C=O) groups is 3. The molecule has 0 saturated heterocycles. The molecule has 38 heavy (non-hydrogen) atoms. The number of nitriles is 1. The minimum absolute atomic E-state index is 0.103. The van der Waals surface area contributed by atoms with Crippen LogP contribution >= 0.6 is 11.6 Å². The third-order valence-electron chi connectivity index (χ3n) is 5.17. The number of halogens is 1. The van der Waals surface area contributed by atoms with Crippen molar-refractivity contribution in [2.45, 2.75) is 13.5 Å². The van der Waals surface area contributed by atoms with Gasteiger partial charge >= 0.3 is 11.9 Å². The summed E-state index contributed by atoms with van der Waals surface area (Å²) < 4.78 is 16.1. The van der Waals surface area contributed by atoms with E-state index in [1.54, 1.807) is 25.1 Å². The van der Waals surface area contributed by atoms with Gasteiger partial charge < -0.3 is 24.6 Å². The maximum atomic E-state index is 12.7. The molecule has 0 unspecified atom stereocenters. The van der Waals surface area contributed by atoms with Crippen LogP contribution in [0.15, 0.2) is 66.2 Å². The number of nitrogens with zero attached hydrogens (tertiary/aromatic N) is 1. The summed E-state index contributed by atoms with van der Waals surface area (Å²) >= 11 is 6.41. The molecule has 0 aliphatic carbocycles. The molecule has 0 spiro atoms. The monoisotopic (exact) mass is 534 g/mol. The van der Waals surface area contributed by atoms with Crippen LogP contribution in [-0.4, -0.2) is 36.7 Å². The van der Waals surface area contributed by atoms with E-state index in [0.29, 0.717) is 16.8 Å². The maximum absolute atomic E-state index is 12.7. The first-order chi connectivity index (χ1) is 18.2. The van der Waals surface area contributed by atoms with Gasteiger partial charge in [0.05, 0.1) is 29.9 Å². The van der Waals surface area contributed by atoms with Crippen LogP contribution < -0.4 is 14.8 Å². The zero-order valence-corrected chi connectivity index (χ0v) is 21.2. The van der Waals surface area contributed by atoms with E-state index in [-0.39, 0.29) is 40.9 Å². The van der Waals surface area contributed by atoms with Crippen LogP contribution in [-0.2, 0) is 16.1 Å². The summed E-state index contributed by atoms with van der Waals surface area (Å²) in [6.07, 6.45) is 1.35. The molecule has 3 rings (SSSR count). The quantitative estimate of drug-likeness (QED) is 0.202. The Bertz CT molecular complexity index is 1410. The first kappa shape index (κ1) is 27.8. The smallest absolute Gasteiger partial charge is 0.338 e. The van der Waals surface area contributed by atoms with Crippen molar-refractivity contribution in [1.29, 1.82) is 5.26 Å². The molecule has 0 radical (unpaired) electrons. The highest BCUT2D eigenvalue weighted by Gasteiger charge is 2.15. The number of hydrogen-bond donors (Lipinski definition) is 2. The van der Waals surface area contributed by atoms with Crippen molar-refractivity contribution < 1.29 is 33.7 Å². The fourth-order valence-electron chi connectivity index (χ4n) is 3.28. The van der Waals surface area contributed by atoms with Crippen LogP contribution in [0.2, 0.25) is 5.02 Å².